The van der Waals surface area contributed by atoms with Gasteiger partial charge in [-0.25, -0.2) is 9.37 Å². The minimum Gasteiger partial charge on any atom is -0.325 e. The molecule has 2 aromatic rings. The fourth-order valence-corrected chi connectivity index (χ4v) is 2.78. The van der Waals surface area contributed by atoms with Gasteiger partial charge in [-0.3, -0.25) is 9.59 Å². The Hall–Kier alpha value is -2.15. The third kappa shape index (κ3) is 4.42. The molecule has 2 rings (SSSR count). The van der Waals surface area contributed by atoms with Crippen LogP contribution in [-0.4, -0.2) is 21.1 Å². The second-order valence-electron chi connectivity index (χ2n) is 4.70. The zero-order chi connectivity index (χ0) is 16.1. The number of hydrogen-bond donors (Lipinski definition) is 2. The number of halogens is 1. The minimum absolute atomic E-state index is 0.219. The topological polar surface area (TPSA) is 74.8 Å². The number of thioether (sulfide) groups is 1. The van der Waals surface area contributed by atoms with Crippen molar-refractivity contribution in [3.63, 3.8) is 0 Å². The van der Waals surface area contributed by atoms with Crippen molar-refractivity contribution >= 4 is 23.4 Å². The van der Waals surface area contributed by atoms with E-state index in [1.807, 2.05) is 6.92 Å². The van der Waals surface area contributed by atoms with Crippen molar-refractivity contribution < 1.29 is 9.18 Å². The summed E-state index contributed by atoms with van der Waals surface area (Å²) in [7, 11) is 0. The summed E-state index contributed by atoms with van der Waals surface area (Å²) in [6.07, 6.45) is 0.565. The summed E-state index contributed by atoms with van der Waals surface area (Å²) >= 11 is 1.19. The molecule has 2 N–H and O–H groups in total. The zero-order valence-corrected chi connectivity index (χ0v) is 13.0. The molecule has 0 saturated heterocycles. The van der Waals surface area contributed by atoms with Crippen molar-refractivity contribution in [2.75, 3.05) is 5.32 Å². The molecule has 1 aromatic heterocycles. The maximum Gasteiger partial charge on any atom is 0.251 e. The molecule has 22 heavy (non-hydrogen) atoms. The predicted molar refractivity (Wildman–Crippen MR) is 84.6 cm³/mol. The van der Waals surface area contributed by atoms with E-state index < -0.39 is 5.25 Å². The number of amides is 1. The monoisotopic (exact) mass is 321 g/mol. The summed E-state index contributed by atoms with van der Waals surface area (Å²) in [4.78, 5) is 30.5. The van der Waals surface area contributed by atoms with Gasteiger partial charge in [0.05, 0.1) is 5.25 Å². The van der Waals surface area contributed by atoms with Gasteiger partial charge in [0, 0.05) is 17.4 Å². The van der Waals surface area contributed by atoms with E-state index in [2.05, 4.69) is 15.3 Å². The average Bonchev–Trinajstić information content (AvgIpc) is 2.46. The summed E-state index contributed by atoms with van der Waals surface area (Å²) in [5.41, 5.74) is 0.875. The van der Waals surface area contributed by atoms with Crippen LogP contribution in [0.1, 0.15) is 19.0 Å². The van der Waals surface area contributed by atoms with Crippen LogP contribution in [0.5, 0.6) is 0 Å². The summed E-state index contributed by atoms with van der Waals surface area (Å²) in [5.74, 6) is -0.579. The van der Waals surface area contributed by atoms with Crippen molar-refractivity contribution in [2.45, 2.75) is 30.7 Å². The number of carbonyl (C=O) groups is 1. The second-order valence-corrected chi connectivity index (χ2v) is 5.89. The molecule has 0 radical (unpaired) electrons. The Morgan fingerprint density at radius 2 is 2.09 bits per heavy atom. The number of aromatic nitrogens is 2. The number of hydrogen-bond acceptors (Lipinski definition) is 4. The lowest BCUT2D eigenvalue weighted by atomic mass is 10.2. The van der Waals surface area contributed by atoms with Gasteiger partial charge in [0.15, 0.2) is 5.16 Å². The highest BCUT2D eigenvalue weighted by atomic mass is 32.2. The van der Waals surface area contributed by atoms with E-state index >= 15 is 0 Å². The Morgan fingerprint density at radius 1 is 1.41 bits per heavy atom. The van der Waals surface area contributed by atoms with Crippen molar-refractivity contribution in [3.05, 3.63) is 52.2 Å². The molecule has 0 spiro atoms. The third-order valence-electron chi connectivity index (χ3n) is 2.88. The second kappa shape index (κ2) is 7.22. The predicted octanol–water partition coefficient (Wildman–Crippen LogP) is 2.73. The summed E-state index contributed by atoms with van der Waals surface area (Å²) in [6, 6.07) is 6.95. The first-order chi connectivity index (χ1) is 10.5. The van der Waals surface area contributed by atoms with E-state index in [4.69, 9.17) is 0 Å². The van der Waals surface area contributed by atoms with E-state index in [-0.39, 0.29) is 17.3 Å². The van der Waals surface area contributed by atoms with E-state index in [0.717, 1.165) is 0 Å². The number of H-pyrrole nitrogens is 1. The van der Waals surface area contributed by atoms with Crippen molar-refractivity contribution in [1.82, 2.24) is 9.97 Å². The van der Waals surface area contributed by atoms with Crippen molar-refractivity contribution in [2.24, 2.45) is 0 Å². The van der Waals surface area contributed by atoms with Crippen LogP contribution in [-0.2, 0) is 4.79 Å². The van der Waals surface area contributed by atoms with E-state index in [0.29, 0.717) is 23.0 Å². The molecule has 1 heterocycles. The molecule has 7 heteroatoms. The first kappa shape index (κ1) is 16.2. The van der Waals surface area contributed by atoms with Gasteiger partial charge in [-0.2, -0.15) is 0 Å². The lowest BCUT2D eigenvalue weighted by Crippen LogP contribution is -2.25. The van der Waals surface area contributed by atoms with E-state index in [9.17, 15) is 14.0 Å². The van der Waals surface area contributed by atoms with Gasteiger partial charge in [-0.15, -0.1) is 0 Å². The quantitative estimate of drug-likeness (QED) is 0.656. The summed E-state index contributed by atoms with van der Waals surface area (Å²) in [6.45, 7) is 3.59. The maximum atomic E-state index is 12.9. The number of nitrogens with one attached hydrogen (secondary N) is 2. The highest BCUT2D eigenvalue weighted by Gasteiger charge is 2.19. The fraction of sp³-hybridized carbons (Fsp3) is 0.267. The van der Waals surface area contributed by atoms with Gasteiger partial charge in [-0.1, -0.05) is 18.7 Å². The Morgan fingerprint density at radius 3 is 2.68 bits per heavy atom. The number of anilines is 1. The molecule has 0 aliphatic heterocycles. The van der Waals surface area contributed by atoms with Gasteiger partial charge in [0.25, 0.3) is 5.56 Å². The molecule has 0 bridgehead atoms. The van der Waals surface area contributed by atoms with Crippen LogP contribution in [0.3, 0.4) is 0 Å². The smallest absolute Gasteiger partial charge is 0.251 e. The molecule has 116 valence electrons. The fourth-order valence-electron chi connectivity index (χ4n) is 1.82. The molecule has 1 unspecified atom stereocenters. The molecule has 0 saturated carbocycles. The highest BCUT2D eigenvalue weighted by Crippen LogP contribution is 2.23. The largest absolute Gasteiger partial charge is 0.325 e. The number of rotatable bonds is 5. The number of nitrogens with zero attached hydrogens (tertiary/aromatic N) is 1. The molecule has 5 nitrogen and oxygen atoms in total. The van der Waals surface area contributed by atoms with Crippen LogP contribution >= 0.6 is 11.8 Å². The maximum absolute atomic E-state index is 12.9. The van der Waals surface area contributed by atoms with Gasteiger partial charge in [0.2, 0.25) is 5.91 Å². The van der Waals surface area contributed by atoms with Crippen LogP contribution in [0, 0.1) is 12.7 Å². The third-order valence-corrected chi connectivity index (χ3v) is 4.13. The van der Waals surface area contributed by atoms with E-state index in [1.165, 1.54) is 42.1 Å². The average molecular weight is 321 g/mol. The Bertz CT molecular complexity index is 715. The zero-order valence-electron chi connectivity index (χ0n) is 12.2. The van der Waals surface area contributed by atoms with Gasteiger partial charge < -0.3 is 10.3 Å². The number of aryl methyl sites for hydroxylation is 1. The van der Waals surface area contributed by atoms with Crippen molar-refractivity contribution in [3.8, 4) is 0 Å². The van der Waals surface area contributed by atoms with Crippen LogP contribution in [0.15, 0.2) is 40.3 Å². The van der Waals surface area contributed by atoms with Crippen molar-refractivity contribution in [1.29, 1.82) is 0 Å². The SMILES string of the molecule is CCC(Sc1nc(C)cc(=O)[nH]1)C(=O)Nc1ccc(F)cc1. The number of carbonyl (C=O) groups excluding carboxylic acids is 1. The first-order valence-electron chi connectivity index (χ1n) is 6.79. The molecule has 0 aliphatic rings. The number of benzene rings is 1. The Balaban J connectivity index is 2.08. The molecule has 0 fully saturated rings. The summed E-state index contributed by atoms with van der Waals surface area (Å²) < 4.78 is 12.9. The lowest BCUT2D eigenvalue weighted by molar-refractivity contribution is -0.115. The molecular formula is C15H16FN3O2S. The normalized spacial score (nSPS) is 12.0. The lowest BCUT2D eigenvalue weighted by Gasteiger charge is -2.14. The van der Waals surface area contributed by atoms with Crippen LogP contribution < -0.4 is 10.9 Å². The first-order valence-corrected chi connectivity index (χ1v) is 7.67. The minimum atomic E-state index is -0.407. The Labute approximate surface area is 131 Å². The highest BCUT2D eigenvalue weighted by molar-refractivity contribution is 8.00. The van der Waals surface area contributed by atoms with Crippen LogP contribution in [0.4, 0.5) is 10.1 Å². The van der Waals surface area contributed by atoms with E-state index in [1.54, 1.807) is 6.92 Å². The standard InChI is InChI=1S/C15H16FN3O2S/c1-3-12(22-15-17-9(2)8-13(20)19-15)14(21)18-11-6-4-10(16)5-7-11/h4-8,12H,3H2,1-2H3,(H,18,21)(H,17,19,20). The molecule has 0 aliphatic carbocycles. The molecule has 1 atom stereocenters. The van der Waals surface area contributed by atoms with Gasteiger partial charge in [-0.05, 0) is 37.6 Å². The molecule has 1 amide bonds. The van der Waals surface area contributed by atoms with Crippen LogP contribution in [0.25, 0.3) is 0 Å². The number of aromatic amines is 1. The summed E-state index contributed by atoms with van der Waals surface area (Å²) in [5, 5.41) is 2.72. The molecular weight excluding hydrogens is 305 g/mol. The van der Waals surface area contributed by atoms with Gasteiger partial charge in [0.1, 0.15) is 5.82 Å². The molecule has 1 aromatic carbocycles. The van der Waals surface area contributed by atoms with Crippen LogP contribution in [0.2, 0.25) is 0 Å². The Kier molecular flexibility index (Phi) is 5.32. The van der Waals surface area contributed by atoms with Gasteiger partial charge >= 0.3 is 0 Å².